The van der Waals surface area contributed by atoms with Crippen molar-refractivity contribution in [3.8, 4) is 0 Å². The number of hydrogen-bond donors (Lipinski definition) is 2. The van der Waals surface area contributed by atoms with E-state index in [-0.39, 0.29) is 17.4 Å². The highest BCUT2D eigenvalue weighted by molar-refractivity contribution is 7.98. The average molecular weight is 274 g/mol. The van der Waals surface area contributed by atoms with Crippen LogP contribution in [-0.2, 0) is 9.53 Å². The van der Waals surface area contributed by atoms with Gasteiger partial charge in [0.2, 0.25) is 5.91 Å². The molecule has 0 bridgehead atoms. The normalized spacial score (nSPS) is 20.4. The van der Waals surface area contributed by atoms with Crippen molar-refractivity contribution in [1.82, 2.24) is 10.6 Å². The Labute approximate surface area is 115 Å². The van der Waals surface area contributed by atoms with E-state index in [9.17, 15) is 4.79 Å². The van der Waals surface area contributed by atoms with Crippen LogP contribution in [0.2, 0.25) is 0 Å². The van der Waals surface area contributed by atoms with Gasteiger partial charge in [-0.05, 0) is 51.3 Å². The molecule has 1 rings (SSSR count). The Hall–Kier alpha value is -0.260. The number of hydrogen-bond acceptors (Lipinski definition) is 4. The molecule has 106 valence electrons. The highest BCUT2D eigenvalue weighted by Crippen LogP contribution is 2.29. The third-order valence-corrected chi connectivity index (χ3v) is 4.24. The van der Waals surface area contributed by atoms with Gasteiger partial charge in [-0.15, -0.1) is 0 Å². The molecule has 18 heavy (non-hydrogen) atoms. The van der Waals surface area contributed by atoms with Crippen LogP contribution in [-0.4, -0.2) is 50.8 Å². The summed E-state index contributed by atoms with van der Waals surface area (Å²) in [4.78, 5) is 12.5. The summed E-state index contributed by atoms with van der Waals surface area (Å²) in [5, 5.41) is 6.45. The lowest BCUT2D eigenvalue weighted by atomic mass is 9.78. The number of amides is 1. The van der Waals surface area contributed by atoms with Crippen molar-refractivity contribution in [3.63, 3.8) is 0 Å². The maximum absolute atomic E-state index is 12.5. The first-order valence-corrected chi connectivity index (χ1v) is 8.03. The summed E-state index contributed by atoms with van der Waals surface area (Å²) in [6.45, 7) is 4.40. The van der Waals surface area contributed by atoms with Crippen molar-refractivity contribution in [2.45, 2.75) is 32.2 Å². The van der Waals surface area contributed by atoms with Crippen LogP contribution in [0.15, 0.2) is 0 Å². The Kier molecular flexibility index (Phi) is 7.04. The number of carbonyl (C=O) groups excluding carboxylic acids is 1. The summed E-state index contributed by atoms with van der Waals surface area (Å²) in [5.41, 5.74) is -0.326. The van der Waals surface area contributed by atoms with Crippen molar-refractivity contribution in [1.29, 1.82) is 0 Å². The van der Waals surface area contributed by atoms with Crippen molar-refractivity contribution >= 4 is 17.7 Å². The minimum Gasteiger partial charge on any atom is -0.384 e. The number of ether oxygens (including phenoxy) is 1. The second kappa shape index (κ2) is 8.02. The highest BCUT2D eigenvalue weighted by Gasteiger charge is 2.39. The molecule has 4 nitrogen and oxygen atoms in total. The van der Waals surface area contributed by atoms with Crippen LogP contribution in [0.25, 0.3) is 0 Å². The first kappa shape index (κ1) is 15.8. The number of methoxy groups -OCH3 is 1. The molecule has 1 saturated heterocycles. The van der Waals surface area contributed by atoms with E-state index in [0.717, 1.165) is 38.1 Å². The predicted molar refractivity (Wildman–Crippen MR) is 77.0 cm³/mol. The first-order valence-electron chi connectivity index (χ1n) is 6.64. The third-order valence-electron chi connectivity index (χ3n) is 3.60. The van der Waals surface area contributed by atoms with Gasteiger partial charge in [0.1, 0.15) is 0 Å². The Bertz CT molecular complexity index is 250. The van der Waals surface area contributed by atoms with Gasteiger partial charge in [-0.2, -0.15) is 11.8 Å². The lowest BCUT2D eigenvalue weighted by Crippen LogP contribution is -2.52. The number of piperidine rings is 1. The fourth-order valence-corrected chi connectivity index (χ4v) is 2.95. The summed E-state index contributed by atoms with van der Waals surface area (Å²) < 4.78 is 5.28. The van der Waals surface area contributed by atoms with Gasteiger partial charge < -0.3 is 15.4 Å². The van der Waals surface area contributed by atoms with Crippen molar-refractivity contribution < 1.29 is 9.53 Å². The molecule has 1 amide bonds. The summed E-state index contributed by atoms with van der Waals surface area (Å²) in [5.74, 6) is 1.25. The largest absolute Gasteiger partial charge is 0.384 e. The van der Waals surface area contributed by atoms with Gasteiger partial charge in [0.05, 0.1) is 12.0 Å². The lowest BCUT2D eigenvalue weighted by molar-refractivity contribution is -0.136. The van der Waals surface area contributed by atoms with Gasteiger partial charge in [-0.25, -0.2) is 0 Å². The standard InChI is InChI=1S/C13H26N2O2S/c1-11(4-9-18-3)15-12(16)13(10-17-2)5-7-14-8-6-13/h11,14H,4-10H2,1-3H3,(H,15,16). The fraction of sp³-hybridized carbons (Fsp3) is 0.923. The van der Waals surface area contributed by atoms with Crippen LogP contribution in [0, 0.1) is 5.41 Å². The Balaban J connectivity index is 2.53. The molecule has 2 N–H and O–H groups in total. The molecule has 5 heteroatoms. The Morgan fingerprint density at radius 1 is 1.50 bits per heavy atom. The minimum absolute atomic E-state index is 0.166. The van der Waals surface area contributed by atoms with E-state index in [1.807, 2.05) is 11.8 Å². The number of nitrogens with one attached hydrogen (secondary N) is 2. The van der Waals surface area contributed by atoms with Crippen molar-refractivity contribution in [2.24, 2.45) is 5.41 Å². The quantitative estimate of drug-likeness (QED) is 0.734. The van der Waals surface area contributed by atoms with Gasteiger partial charge in [0.15, 0.2) is 0 Å². The average Bonchev–Trinajstić information content (AvgIpc) is 2.37. The van der Waals surface area contributed by atoms with Gasteiger partial charge in [0, 0.05) is 13.2 Å². The zero-order valence-electron chi connectivity index (χ0n) is 11.8. The van der Waals surface area contributed by atoms with Gasteiger partial charge >= 0.3 is 0 Å². The zero-order valence-corrected chi connectivity index (χ0v) is 12.6. The molecule has 0 aromatic rings. The van der Waals surface area contributed by atoms with Crippen LogP contribution in [0.5, 0.6) is 0 Å². The predicted octanol–water partition coefficient (Wildman–Crippen LogP) is 1.26. The maximum Gasteiger partial charge on any atom is 0.228 e. The molecule has 0 aromatic carbocycles. The number of carbonyl (C=O) groups is 1. The Morgan fingerprint density at radius 3 is 2.72 bits per heavy atom. The second-order valence-electron chi connectivity index (χ2n) is 5.12. The van der Waals surface area contributed by atoms with E-state index in [2.05, 4.69) is 23.8 Å². The van der Waals surface area contributed by atoms with Crippen LogP contribution in [0.1, 0.15) is 26.2 Å². The van der Waals surface area contributed by atoms with E-state index in [4.69, 9.17) is 4.74 Å². The van der Waals surface area contributed by atoms with E-state index < -0.39 is 0 Å². The van der Waals surface area contributed by atoms with E-state index in [1.165, 1.54) is 0 Å². The van der Waals surface area contributed by atoms with Crippen molar-refractivity contribution in [2.75, 3.05) is 38.8 Å². The van der Waals surface area contributed by atoms with E-state index >= 15 is 0 Å². The summed E-state index contributed by atoms with van der Waals surface area (Å²) in [6, 6.07) is 0.244. The molecular weight excluding hydrogens is 248 g/mol. The number of thioether (sulfide) groups is 1. The molecule has 1 atom stereocenters. The monoisotopic (exact) mass is 274 g/mol. The van der Waals surface area contributed by atoms with Crippen LogP contribution >= 0.6 is 11.8 Å². The zero-order chi connectivity index (χ0) is 13.4. The van der Waals surface area contributed by atoms with Crippen LogP contribution in [0.4, 0.5) is 0 Å². The second-order valence-corrected chi connectivity index (χ2v) is 6.10. The summed E-state index contributed by atoms with van der Waals surface area (Å²) in [7, 11) is 1.67. The fourth-order valence-electron chi connectivity index (χ4n) is 2.36. The SMILES string of the molecule is COCC1(C(=O)NC(C)CCSC)CCNCC1. The van der Waals surface area contributed by atoms with Crippen LogP contribution < -0.4 is 10.6 Å². The molecule has 1 unspecified atom stereocenters. The summed E-state index contributed by atoms with van der Waals surface area (Å²) >= 11 is 1.82. The van der Waals surface area contributed by atoms with Gasteiger partial charge in [-0.3, -0.25) is 4.79 Å². The van der Waals surface area contributed by atoms with Crippen molar-refractivity contribution in [3.05, 3.63) is 0 Å². The van der Waals surface area contributed by atoms with Gasteiger partial charge in [0.25, 0.3) is 0 Å². The molecule has 0 spiro atoms. The topological polar surface area (TPSA) is 50.4 Å². The van der Waals surface area contributed by atoms with Crippen LogP contribution in [0.3, 0.4) is 0 Å². The molecule has 1 aliphatic rings. The maximum atomic E-state index is 12.5. The lowest BCUT2D eigenvalue weighted by Gasteiger charge is -2.36. The third kappa shape index (κ3) is 4.44. The first-order chi connectivity index (χ1) is 8.64. The molecule has 0 radical (unpaired) electrons. The smallest absolute Gasteiger partial charge is 0.228 e. The molecule has 0 aromatic heterocycles. The minimum atomic E-state index is -0.326. The molecular formula is C13H26N2O2S. The highest BCUT2D eigenvalue weighted by atomic mass is 32.2. The van der Waals surface area contributed by atoms with Gasteiger partial charge in [-0.1, -0.05) is 0 Å². The van der Waals surface area contributed by atoms with E-state index in [1.54, 1.807) is 7.11 Å². The molecule has 1 fully saturated rings. The number of rotatable bonds is 7. The Morgan fingerprint density at radius 2 is 2.17 bits per heavy atom. The molecule has 1 heterocycles. The molecule has 0 saturated carbocycles. The molecule has 0 aliphatic carbocycles. The molecule has 1 aliphatic heterocycles. The van der Waals surface area contributed by atoms with E-state index in [0.29, 0.717) is 6.61 Å². The summed E-state index contributed by atoms with van der Waals surface area (Å²) in [6.07, 6.45) is 4.84.